The van der Waals surface area contributed by atoms with E-state index in [-0.39, 0.29) is 5.91 Å². The molecule has 30 heavy (non-hydrogen) atoms. The second-order valence-corrected chi connectivity index (χ2v) is 8.51. The highest BCUT2D eigenvalue weighted by atomic mass is 16.1. The van der Waals surface area contributed by atoms with Gasteiger partial charge in [-0.3, -0.25) is 4.79 Å². The number of carbonyl (C=O) groups excluding carboxylic acids is 1. The largest absolute Gasteiger partial charge is 0.353 e. The van der Waals surface area contributed by atoms with Crippen LogP contribution in [-0.2, 0) is 13.1 Å². The van der Waals surface area contributed by atoms with Crippen LogP contribution in [-0.4, -0.2) is 41.0 Å². The van der Waals surface area contributed by atoms with Crippen LogP contribution in [0.5, 0.6) is 0 Å². The predicted octanol–water partition coefficient (Wildman–Crippen LogP) is 4.62. The molecule has 3 heterocycles. The van der Waals surface area contributed by atoms with Gasteiger partial charge >= 0.3 is 0 Å². The minimum Gasteiger partial charge on any atom is -0.353 e. The molecule has 1 aliphatic heterocycles. The van der Waals surface area contributed by atoms with E-state index in [1.54, 1.807) is 0 Å². The molecule has 5 heteroatoms. The van der Waals surface area contributed by atoms with Crippen molar-refractivity contribution in [2.45, 2.75) is 19.5 Å². The summed E-state index contributed by atoms with van der Waals surface area (Å²) in [4.78, 5) is 18.9. The number of fused-ring (bicyclic) bond motifs is 10. The SMILES string of the molecule is CN(C)CCCn1c2ccccc2c2c3c(c4c5ccccc5[nH]c4c21)CNC3=O. The van der Waals surface area contributed by atoms with Gasteiger partial charge in [-0.05, 0) is 44.8 Å². The van der Waals surface area contributed by atoms with Gasteiger partial charge in [0.1, 0.15) is 0 Å². The lowest BCUT2D eigenvalue weighted by atomic mass is 9.97. The Morgan fingerprint density at radius 3 is 2.60 bits per heavy atom. The number of rotatable bonds is 4. The van der Waals surface area contributed by atoms with Crippen molar-refractivity contribution >= 4 is 49.5 Å². The highest BCUT2D eigenvalue weighted by Crippen LogP contribution is 2.43. The zero-order chi connectivity index (χ0) is 20.4. The number of aromatic nitrogens is 2. The van der Waals surface area contributed by atoms with Crippen LogP contribution >= 0.6 is 0 Å². The summed E-state index contributed by atoms with van der Waals surface area (Å²) in [6.45, 7) is 2.52. The number of para-hydroxylation sites is 2. The molecule has 2 aromatic heterocycles. The third kappa shape index (κ3) is 2.30. The highest BCUT2D eigenvalue weighted by Gasteiger charge is 2.30. The Hall–Kier alpha value is -3.31. The van der Waals surface area contributed by atoms with Crippen molar-refractivity contribution < 1.29 is 4.79 Å². The van der Waals surface area contributed by atoms with Crippen molar-refractivity contribution in [2.24, 2.45) is 0 Å². The van der Waals surface area contributed by atoms with Gasteiger partial charge in [-0.25, -0.2) is 0 Å². The highest BCUT2D eigenvalue weighted by molar-refractivity contribution is 6.30. The summed E-state index contributed by atoms with van der Waals surface area (Å²) in [5.41, 5.74) is 6.58. The number of amides is 1. The molecule has 0 spiro atoms. The molecule has 0 saturated carbocycles. The number of carbonyl (C=O) groups is 1. The number of H-pyrrole nitrogens is 1. The monoisotopic (exact) mass is 396 g/mol. The normalized spacial score (nSPS) is 13.9. The number of aromatic amines is 1. The lowest BCUT2D eigenvalue weighted by Crippen LogP contribution is -2.15. The number of nitrogens with one attached hydrogen (secondary N) is 2. The summed E-state index contributed by atoms with van der Waals surface area (Å²) >= 11 is 0. The quantitative estimate of drug-likeness (QED) is 0.466. The minimum absolute atomic E-state index is 0.0402. The molecule has 1 aliphatic rings. The second-order valence-electron chi connectivity index (χ2n) is 8.51. The third-order valence-electron chi connectivity index (χ3n) is 6.41. The molecule has 2 N–H and O–H groups in total. The van der Waals surface area contributed by atoms with Gasteiger partial charge < -0.3 is 19.8 Å². The number of hydrogen-bond acceptors (Lipinski definition) is 2. The van der Waals surface area contributed by atoms with E-state index < -0.39 is 0 Å². The molecular weight excluding hydrogens is 372 g/mol. The number of nitrogens with zero attached hydrogens (tertiary/aromatic N) is 2. The second kappa shape index (κ2) is 6.34. The van der Waals surface area contributed by atoms with Crippen LogP contribution in [0.1, 0.15) is 22.3 Å². The Labute approximate surface area is 174 Å². The lowest BCUT2D eigenvalue weighted by Gasteiger charge is -2.12. The Bertz CT molecular complexity index is 1470. The first-order valence-electron chi connectivity index (χ1n) is 10.5. The molecular formula is C25H24N4O. The maximum atomic E-state index is 13.0. The summed E-state index contributed by atoms with van der Waals surface area (Å²) in [5, 5.41) is 7.70. The van der Waals surface area contributed by atoms with Crippen LogP contribution in [0.3, 0.4) is 0 Å². The molecule has 0 fully saturated rings. The van der Waals surface area contributed by atoms with Crippen LogP contribution in [0.25, 0.3) is 43.6 Å². The summed E-state index contributed by atoms with van der Waals surface area (Å²) < 4.78 is 2.41. The van der Waals surface area contributed by atoms with Crippen molar-refractivity contribution in [2.75, 3.05) is 20.6 Å². The molecule has 5 aromatic rings. The van der Waals surface area contributed by atoms with Gasteiger partial charge in [0.05, 0.1) is 16.6 Å². The van der Waals surface area contributed by atoms with Gasteiger partial charge in [-0.2, -0.15) is 0 Å². The molecule has 0 aliphatic carbocycles. The molecule has 0 unspecified atom stereocenters. The van der Waals surface area contributed by atoms with Crippen LogP contribution in [0.15, 0.2) is 48.5 Å². The van der Waals surface area contributed by atoms with E-state index in [1.165, 1.54) is 16.3 Å². The van der Waals surface area contributed by atoms with Gasteiger partial charge in [0.25, 0.3) is 5.91 Å². The third-order valence-corrected chi connectivity index (χ3v) is 6.41. The van der Waals surface area contributed by atoms with Crippen LogP contribution in [0.4, 0.5) is 0 Å². The Morgan fingerprint density at radius 1 is 1.00 bits per heavy atom. The van der Waals surface area contributed by atoms with E-state index in [0.29, 0.717) is 6.54 Å². The standard InChI is InChI=1S/C25H24N4O/c1-28(2)12-7-13-29-19-11-6-4-9-16(19)21-22-17(14-26-25(22)30)20-15-8-3-5-10-18(15)27-23(20)24(21)29/h3-6,8-11,27H,7,12-14H2,1-2H3,(H,26,30). The molecule has 5 nitrogen and oxygen atoms in total. The zero-order valence-electron chi connectivity index (χ0n) is 17.2. The number of hydrogen-bond donors (Lipinski definition) is 2. The average molecular weight is 396 g/mol. The van der Waals surface area contributed by atoms with Gasteiger partial charge in [0, 0.05) is 45.7 Å². The molecule has 3 aromatic carbocycles. The summed E-state index contributed by atoms with van der Waals surface area (Å²) in [7, 11) is 4.22. The molecule has 150 valence electrons. The summed E-state index contributed by atoms with van der Waals surface area (Å²) in [5.74, 6) is 0.0402. The Morgan fingerprint density at radius 2 is 1.77 bits per heavy atom. The minimum atomic E-state index is 0.0402. The fraction of sp³-hybridized carbons (Fsp3) is 0.240. The summed E-state index contributed by atoms with van der Waals surface area (Å²) in [6.07, 6.45) is 1.05. The van der Waals surface area contributed by atoms with Crippen LogP contribution in [0.2, 0.25) is 0 Å². The number of aryl methyl sites for hydroxylation is 1. The van der Waals surface area contributed by atoms with E-state index in [4.69, 9.17) is 0 Å². The van der Waals surface area contributed by atoms with Crippen LogP contribution in [0, 0.1) is 0 Å². The van der Waals surface area contributed by atoms with Gasteiger partial charge in [0.2, 0.25) is 0 Å². The van der Waals surface area contributed by atoms with Gasteiger partial charge in [0.15, 0.2) is 0 Å². The Kier molecular flexibility index (Phi) is 3.71. The maximum Gasteiger partial charge on any atom is 0.252 e. The van der Waals surface area contributed by atoms with E-state index in [1.807, 2.05) is 0 Å². The zero-order valence-corrected chi connectivity index (χ0v) is 17.2. The van der Waals surface area contributed by atoms with E-state index in [0.717, 1.165) is 58.0 Å². The molecule has 0 bridgehead atoms. The molecule has 0 radical (unpaired) electrons. The van der Waals surface area contributed by atoms with Crippen molar-refractivity contribution in [3.05, 3.63) is 59.7 Å². The van der Waals surface area contributed by atoms with Gasteiger partial charge in [-0.15, -0.1) is 0 Å². The van der Waals surface area contributed by atoms with Crippen molar-refractivity contribution in [3.63, 3.8) is 0 Å². The van der Waals surface area contributed by atoms with Crippen molar-refractivity contribution in [1.29, 1.82) is 0 Å². The molecule has 0 saturated heterocycles. The first kappa shape index (κ1) is 17.5. The average Bonchev–Trinajstić information content (AvgIpc) is 3.40. The molecule has 6 rings (SSSR count). The molecule has 0 atom stereocenters. The van der Waals surface area contributed by atoms with Gasteiger partial charge in [-0.1, -0.05) is 36.4 Å². The fourth-order valence-corrected chi connectivity index (χ4v) is 5.19. The van der Waals surface area contributed by atoms with E-state index in [2.05, 4.69) is 82.4 Å². The smallest absolute Gasteiger partial charge is 0.252 e. The lowest BCUT2D eigenvalue weighted by molar-refractivity contribution is 0.0967. The predicted molar refractivity (Wildman–Crippen MR) is 123 cm³/mol. The first-order valence-corrected chi connectivity index (χ1v) is 10.5. The summed E-state index contributed by atoms with van der Waals surface area (Å²) in [6, 6.07) is 16.9. The van der Waals surface area contributed by atoms with Crippen molar-refractivity contribution in [1.82, 2.24) is 19.8 Å². The first-order chi connectivity index (χ1) is 14.6. The Balaban J connectivity index is 1.81. The van der Waals surface area contributed by atoms with Crippen LogP contribution < -0.4 is 5.32 Å². The fourth-order valence-electron chi connectivity index (χ4n) is 5.19. The topological polar surface area (TPSA) is 53.1 Å². The van der Waals surface area contributed by atoms with Crippen molar-refractivity contribution in [3.8, 4) is 0 Å². The molecule has 1 amide bonds. The van der Waals surface area contributed by atoms with E-state index in [9.17, 15) is 4.79 Å². The number of benzene rings is 3. The van der Waals surface area contributed by atoms with E-state index >= 15 is 0 Å². The maximum absolute atomic E-state index is 13.0.